The molecule has 3 aromatic rings. The maximum atomic E-state index is 12.7. The Balaban J connectivity index is 1.41. The summed E-state index contributed by atoms with van der Waals surface area (Å²) in [5.74, 6) is 1.43. The molecule has 1 unspecified atom stereocenters. The van der Waals surface area contributed by atoms with E-state index in [2.05, 4.69) is 40.6 Å². The van der Waals surface area contributed by atoms with Crippen molar-refractivity contribution in [2.24, 2.45) is 0 Å². The number of piperazine rings is 1. The molecule has 1 heterocycles. The third-order valence-corrected chi connectivity index (χ3v) is 6.47. The van der Waals surface area contributed by atoms with E-state index in [0.29, 0.717) is 13.2 Å². The van der Waals surface area contributed by atoms with Crippen LogP contribution in [-0.2, 0) is 9.53 Å². The summed E-state index contributed by atoms with van der Waals surface area (Å²) in [6.45, 7) is 8.19. The number of carbonyl (C=O) groups is 1. The van der Waals surface area contributed by atoms with Crippen molar-refractivity contribution in [2.75, 3.05) is 51.3 Å². The molecule has 0 bridgehead atoms. The first-order chi connectivity index (χ1) is 17.3. The van der Waals surface area contributed by atoms with Crippen molar-refractivity contribution in [2.45, 2.75) is 31.1 Å². The Morgan fingerprint density at radius 2 is 1.61 bits per heavy atom. The smallest absolute Gasteiger partial charge is 0.307 e. The Labute approximate surface area is 219 Å². The molecule has 4 rings (SSSR count). The van der Waals surface area contributed by atoms with Gasteiger partial charge in [-0.1, -0.05) is 62.4 Å². The number of fused-ring (bicyclic) bond motifs is 1. The van der Waals surface area contributed by atoms with Crippen LogP contribution in [0.4, 0.5) is 5.69 Å². The maximum absolute atomic E-state index is 12.7. The van der Waals surface area contributed by atoms with Gasteiger partial charge >= 0.3 is 5.97 Å². The van der Waals surface area contributed by atoms with Crippen LogP contribution < -0.4 is 14.4 Å². The second-order valence-corrected chi connectivity index (χ2v) is 11.1. The number of esters is 1. The number of anilines is 1. The van der Waals surface area contributed by atoms with Gasteiger partial charge in [-0.15, -0.1) is 0 Å². The number of carbonyl (C=O) groups excluding carboxylic acids is 1. The van der Waals surface area contributed by atoms with Crippen LogP contribution in [0.25, 0.3) is 10.8 Å². The van der Waals surface area contributed by atoms with Crippen LogP contribution in [-0.4, -0.2) is 68.2 Å². The lowest BCUT2D eigenvalue weighted by Gasteiger charge is -2.37. The first kappa shape index (κ1) is 26.2. The van der Waals surface area contributed by atoms with Crippen LogP contribution in [0, 0.1) is 0 Å². The number of methoxy groups -OCH3 is 1. The zero-order valence-corrected chi connectivity index (χ0v) is 22.2. The Morgan fingerprint density at radius 1 is 0.944 bits per heavy atom. The molecule has 1 saturated heterocycles. The van der Waals surface area contributed by atoms with Crippen molar-refractivity contribution < 1.29 is 19.0 Å². The van der Waals surface area contributed by atoms with Gasteiger partial charge in [0.25, 0.3) is 0 Å². The summed E-state index contributed by atoms with van der Waals surface area (Å²) >= 11 is 4.50. The highest BCUT2D eigenvalue weighted by molar-refractivity contribution is 7.81. The highest BCUT2D eigenvalue weighted by Crippen LogP contribution is 2.29. The van der Waals surface area contributed by atoms with E-state index in [1.54, 1.807) is 7.11 Å². The van der Waals surface area contributed by atoms with Crippen LogP contribution in [0.15, 0.2) is 66.7 Å². The lowest BCUT2D eigenvalue weighted by atomic mass is 10.1. The van der Waals surface area contributed by atoms with Crippen molar-refractivity contribution in [1.29, 1.82) is 0 Å². The van der Waals surface area contributed by atoms with Gasteiger partial charge in [-0.05, 0) is 23.6 Å². The van der Waals surface area contributed by atoms with E-state index in [1.807, 2.05) is 62.4 Å². The molecule has 1 aliphatic rings. The minimum absolute atomic E-state index is 0.239. The van der Waals surface area contributed by atoms with Gasteiger partial charge in [0.15, 0.2) is 0 Å². The van der Waals surface area contributed by atoms with E-state index >= 15 is 0 Å². The van der Waals surface area contributed by atoms with E-state index in [9.17, 15) is 4.79 Å². The summed E-state index contributed by atoms with van der Waals surface area (Å²) in [7, 11) is 1.70. The molecule has 3 aromatic carbocycles. The molecule has 0 N–H and O–H groups in total. The van der Waals surface area contributed by atoms with Crippen molar-refractivity contribution in [3.05, 3.63) is 66.7 Å². The number of para-hydroxylation sites is 2. The molecule has 0 aromatic heterocycles. The van der Waals surface area contributed by atoms with Crippen LogP contribution in [0.2, 0.25) is 0 Å². The molecule has 1 atom stereocenters. The summed E-state index contributed by atoms with van der Waals surface area (Å²) in [6.07, 6.45) is -0.146. The van der Waals surface area contributed by atoms with E-state index in [0.717, 1.165) is 54.1 Å². The molecule has 1 fully saturated rings. The van der Waals surface area contributed by atoms with Crippen molar-refractivity contribution in [1.82, 2.24) is 4.90 Å². The number of hydrogen-bond acceptors (Lipinski definition) is 7. The molecule has 0 aliphatic carbocycles. The molecule has 0 saturated carbocycles. The number of benzene rings is 3. The molecule has 0 amide bonds. The predicted octanol–water partition coefficient (Wildman–Crippen LogP) is 5.06. The van der Waals surface area contributed by atoms with Crippen molar-refractivity contribution in [3.8, 4) is 11.5 Å². The molecule has 1 aliphatic heterocycles. The summed E-state index contributed by atoms with van der Waals surface area (Å²) in [5, 5.41) is 2.17. The van der Waals surface area contributed by atoms with Crippen LogP contribution in [0.5, 0.6) is 11.5 Å². The third-order valence-electron chi connectivity index (χ3n) is 6.31. The average molecular weight is 509 g/mol. The van der Waals surface area contributed by atoms with Gasteiger partial charge in [0.1, 0.15) is 24.2 Å². The number of ether oxygens (including phenoxy) is 3. The van der Waals surface area contributed by atoms with Gasteiger partial charge in [0, 0.05) is 42.9 Å². The Kier molecular flexibility index (Phi) is 8.64. The lowest BCUT2D eigenvalue weighted by Crippen LogP contribution is -2.50. The standard InChI is InChI=1S/C29H36N2O4S/c1-29(2,36)19-28(32)35-23(21-34-26-14-8-10-22-9-4-5-11-24(22)26)20-30-15-17-31(18-16-30)25-12-6-7-13-27(25)33-3/h4-14,23,36H,15-21H2,1-3H3. The fourth-order valence-electron chi connectivity index (χ4n) is 4.56. The average Bonchev–Trinajstić information content (AvgIpc) is 2.86. The zero-order chi connectivity index (χ0) is 25.5. The molecular weight excluding hydrogens is 472 g/mol. The van der Waals surface area contributed by atoms with Crippen LogP contribution >= 0.6 is 12.6 Å². The Bertz CT molecular complexity index is 1150. The number of rotatable bonds is 10. The molecule has 0 radical (unpaired) electrons. The maximum Gasteiger partial charge on any atom is 0.307 e. The zero-order valence-electron chi connectivity index (χ0n) is 21.4. The fourth-order valence-corrected chi connectivity index (χ4v) is 4.69. The third kappa shape index (κ3) is 7.08. The number of hydrogen-bond donors (Lipinski definition) is 1. The first-order valence-electron chi connectivity index (χ1n) is 12.4. The van der Waals surface area contributed by atoms with Gasteiger partial charge in [-0.2, -0.15) is 12.6 Å². The molecule has 7 heteroatoms. The molecule has 36 heavy (non-hydrogen) atoms. The minimum atomic E-state index is -0.432. The highest BCUT2D eigenvalue weighted by Gasteiger charge is 2.26. The highest BCUT2D eigenvalue weighted by atomic mass is 32.1. The van der Waals surface area contributed by atoms with E-state index in [4.69, 9.17) is 14.2 Å². The largest absolute Gasteiger partial charge is 0.495 e. The Morgan fingerprint density at radius 3 is 2.36 bits per heavy atom. The second-order valence-electron chi connectivity index (χ2n) is 9.85. The molecule has 6 nitrogen and oxygen atoms in total. The molecular formula is C29H36N2O4S. The quantitative estimate of drug-likeness (QED) is 0.305. The molecule has 192 valence electrons. The SMILES string of the molecule is COc1ccccc1N1CCN(CC(COc2cccc3ccccc23)OC(=O)CC(C)(C)S)CC1. The monoisotopic (exact) mass is 508 g/mol. The van der Waals surface area contributed by atoms with Crippen molar-refractivity contribution in [3.63, 3.8) is 0 Å². The fraction of sp³-hybridized carbons (Fsp3) is 0.414. The predicted molar refractivity (Wildman–Crippen MR) is 149 cm³/mol. The van der Waals surface area contributed by atoms with E-state index in [1.165, 1.54) is 0 Å². The normalized spacial score (nSPS) is 15.5. The van der Waals surface area contributed by atoms with Gasteiger partial charge in [-0.3, -0.25) is 9.69 Å². The van der Waals surface area contributed by atoms with E-state index < -0.39 is 4.75 Å². The lowest BCUT2D eigenvalue weighted by molar-refractivity contribution is -0.152. The second kappa shape index (κ2) is 11.9. The summed E-state index contributed by atoms with van der Waals surface area (Å²) in [6, 6.07) is 22.2. The topological polar surface area (TPSA) is 51.2 Å². The summed E-state index contributed by atoms with van der Waals surface area (Å²) < 4.78 is 17.3. The Hall–Kier alpha value is -2.90. The number of nitrogens with zero attached hydrogens (tertiary/aromatic N) is 2. The van der Waals surface area contributed by atoms with Gasteiger partial charge in [0.05, 0.1) is 19.2 Å². The minimum Gasteiger partial charge on any atom is -0.495 e. The van der Waals surface area contributed by atoms with E-state index in [-0.39, 0.29) is 18.5 Å². The number of thiol groups is 1. The summed E-state index contributed by atoms with van der Waals surface area (Å²) in [4.78, 5) is 17.3. The van der Waals surface area contributed by atoms with Crippen molar-refractivity contribution >= 4 is 35.1 Å². The van der Waals surface area contributed by atoms with Gasteiger partial charge in [-0.25, -0.2) is 0 Å². The van der Waals surface area contributed by atoms with Crippen LogP contribution in [0.3, 0.4) is 0 Å². The van der Waals surface area contributed by atoms with Gasteiger partial charge < -0.3 is 19.1 Å². The van der Waals surface area contributed by atoms with Crippen LogP contribution in [0.1, 0.15) is 20.3 Å². The molecule has 0 spiro atoms. The first-order valence-corrected chi connectivity index (χ1v) is 12.9. The van der Waals surface area contributed by atoms with Gasteiger partial charge in [0.2, 0.25) is 0 Å². The summed E-state index contributed by atoms with van der Waals surface area (Å²) in [5.41, 5.74) is 1.11.